The van der Waals surface area contributed by atoms with E-state index in [0.29, 0.717) is 5.92 Å². The van der Waals surface area contributed by atoms with Gasteiger partial charge in [0.25, 0.3) is 0 Å². The van der Waals surface area contributed by atoms with Gasteiger partial charge in [0.2, 0.25) is 5.28 Å². The zero-order valence-corrected chi connectivity index (χ0v) is 19.9. The van der Waals surface area contributed by atoms with Gasteiger partial charge in [-0.15, -0.1) is 0 Å². The Morgan fingerprint density at radius 3 is 2.47 bits per heavy atom. The molecule has 1 aliphatic rings. The van der Waals surface area contributed by atoms with Crippen LogP contribution in [0.25, 0.3) is 22.6 Å². The molecule has 1 fully saturated rings. The average molecular weight is 456 g/mol. The predicted octanol–water partition coefficient (Wildman–Crippen LogP) is 5.49. The first kappa shape index (κ1) is 22.5. The third-order valence-electron chi connectivity index (χ3n) is 5.80. The number of ether oxygens (including phenoxy) is 1. The van der Waals surface area contributed by atoms with E-state index >= 15 is 0 Å². The first-order chi connectivity index (χ1) is 15.2. The van der Waals surface area contributed by atoms with Crippen molar-refractivity contribution in [1.82, 2.24) is 24.4 Å². The largest absolute Gasteiger partial charge is 0.444 e. The quantitative estimate of drug-likeness (QED) is 0.486. The van der Waals surface area contributed by atoms with Crippen LogP contribution in [0, 0.1) is 12.8 Å². The van der Waals surface area contributed by atoms with Gasteiger partial charge in [-0.2, -0.15) is 4.98 Å². The number of likely N-dealkylation sites (tertiary alicyclic amines) is 1. The van der Waals surface area contributed by atoms with E-state index in [9.17, 15) is 4.79 Å². The lowest BCUT2D eigenvalue weighted by molar-refractivity contribution is 0.0180. The number of imidazole rings is 1. The minimum atomic E-state index is -0.467. The third kappa shape index (κ3) is 5.04. The van der Waals surface area contributed by atoms with E-state index in [-0.39, 0.29) is 11.4 Å². The van der Waals surface area contributed by atoms with E-state index in [1.165, 1.54) is 0 Å². The molecule has 2 aromatic heterocycles. The van der Waals surface area contributed by atoms with Crippen LogP contribution in [0.4, 0.5) is 4.79 Å². The summed E-state index contributed by atoms with van der Waals surface area (Å²) >= 11 is 6.18. The maximum Gasteiger partial charge on any atom is 0.410 e. The normalized spacial score (nSPS) is 15.3. The number of carbonyl (C=O) groups is 1. The summed E-state index contributed by atoms with van der Waals surface area (Å²) in [6.45, 7) is 9.84. The van der Waals surface area contributed by atoms with Crippen molar-refractivity contribution in [3.63, 3.8) is 0 Å². The van der Waals surface area contributed by atoms with Crippen LogP contribution in [0.1, 0.15) is 45.7 Å². The summed E-state index contributed by atoms with van der Waals surface area (Å²) < 4.78 is 7.67. The van der Waals surface area contributed by atoms with Crippen molar-refractivity contribution in [3.05, 3.63) is 41.3 Å². The monoisotopic (exact) mass is 455 g/mol. The van der Waals surface area contributed by atoms with Crippen LogP contribution in [-0.4, -0.2) is 49.2 Å². The van der Waals surface area contributed by atoms with E-state index in [4.69, 9.17) is 21.3 Å². The highest BCUT2D eigenvalue weighted by Crippen LogP contribution is 2.29. The molecule has 0 radical (unpaired) electrons. The van der Waals surface area contributed by atoms with Gasteiger partial charge in [0.05, 0.1) is 5.69 Å². The van der Waals surface area contributed by atoms with Crippen molar-refractivity contribution in [3.8, 4) is 11.4 Å². The highest BCUT2D eigenvalue weighted by atomic mass is 35.5. The molecular weight excluding hydrogens is 426 g/mol. The summed E-state index contributed by atoms with van der Waals surface area (Å²) in [6.07, 6.45) is 2.68. The van der Waals surface area contributed by atoms with Crippen LogP contribution in [0.3, 0.4) is 0 Å². The second-order valence-electron chi connectivity index (χ2n) is 9.40. The Morgan fingerprint density at radius 2 is 1.81 bits per heavy atom. The summed E-state index contributed by atoms with van der Waals surface area (Å²) in [5, 5.41) is 0.237. The number of nitrogens with zero attached hydrogens (tertiary/aromatic N) is 5. The molecule has 4 rings (SSSR count). The number of halogens is 1. The molecule has 0 aliphatic carbocycles. The Labute approximate surface area is 193 Å². The zero-order valence-electron chi connectivity index (χ0n) is 19.1. The molecule has 3 aromatic rings. The van der Waals surface area contributed by atoms with Crippen LogP contribution in [0.5, 0.6) is 0 Å². The van der Waals surface area contributed by atoms with Gasteiger partial charge in [0.15, 0.2) is 5.65 Å². The van der Waals surface area contributed by atoms with Crippen LogP contribution in [-0.2, 0) is 11.3 Å². The van der Waals surface area contributed by atoms with Crippen molar-refractivity contribution in [2.24, 2.45) is 5.92 Å². The van der Waals surface area contributed by atoms with Crippen molar-refractivity contribution >= 4 is 28.9 Å². The number of aryl methyl sites for hydroxylation is 2. The van der Waals surface area contributed by atoms with Gasteiger partial charge < -0.3 is 14.2 Å². The lowest BCUT2D eigenvalue weighted by Gasteiger charge is -2.33. The van der Waals surface area contributed by atoms with Gasteiger partial charge in [-0.05, 0) is 64.5 Å². The van der Waals surface area contributed by atoms with E-state index in [2.05, 4.69) is 26.7 Å². The van der Waals surface area contributed by atoms with Crippen LogP contribution in [0.2, 0.25) is 5.28 Å². The predicted molar refractivity (Wildman–Crippen MR) is 126 cm³/mol. The molecule has 3 heterocycles. The SMILES string of the molecule is Cc1nc(Cl)nc2c1nc(-c1ccccc1)n2CCC1CCN(C(=O)OC(C)(C)C)CC1. The third-order valence-corrected chi connectivity index (χ3v) is 5.97. The van der Waals surface area contributed by atoms with Crippen molar-refractivity contribution in [1.29, 1.82) is 0 Å². The lowest BCUT2D eigenvalue weighted by Crippen LogP contribution is -2.41. The second kappa shape index (κ2) is 9.06. The first-order valence-electron chi connectivity index (χ1n) is 11.1. The molecule has 0 N–H and O–H groups in total. The number of amides is 1. The molecule has 170 valence electrons. The molecule has 8 heteroatoms. The fourth-order valence-electron chi connectivity index (χ4n) is 4.17. The fraction of sp³-hybridized carbons (Fsp3) is 0.500. The van der Waals surface area contributed by atoms with Gasteiger partial charge >= 0.3 is 6.09 Å². The lowest BCUT2D eigenvalue weighted by atomic mass is 9.93. The minimum Gasteiger partial charge on any atom is -0.444 e. The second-order valence-corrected chi connectivity index (χ2v) is 9.74. The minimum absolute atomic E-state index is 0.218. The molecular formula is C24H30ClN5O2. The first-order valence-corrected chi connectivity index (χ1v) is 11.5. The molecule has 0 bridgehead atoms. The van der Waals surface area contributed by atoms with Gasteiger partial charge in [0.1, 0.15) is 16.9 Å². The van der Waals surface area contributed by atoms with Crippen LogP contribution >= 0.6 is 11.6 Å². The summed E-state index contributed by atoms with van der Waals surface area (Å²) in [7, 11) is 0. The number of hydrogen-bond acceptors (Lipinski definition) is 5. The smallest absolute Gasteiger partial charge is 0.410 e. The number of piperidine rings is 1. The maximum atomic E-state index is 12.3. The summed E-state index contributed by atoms with van der Waals surface area (Å²) in [4.78, 5) is 27.8. The van der Waals surface area contributed by atoms with Gasteiger partial charge in [0, 0.05) is 25.2 Å². The van der Waals surface area contributed by atoms with Crippen molar-refractivity contribution in [2.75, 3.05) is 13.1 Å². The number of carbonyl (C=O) groups excluding carboxylic acids is 1. The number of hydrogen-bond donors (Lipinski definition) is 0. The average Bonchev–Trinajstić information content (AvgIpc) is 3.11. The summed E-state index contributed by atoms with van der Waals surface area (Å²) in [5.41, 5.74) is 2.91. The summed E-state index contributed by atoms with van der Waals surface area (Å²) in [6, 6.07) is 10.1. The number of fused-ring (bicyclic) bond motifs is 1. The summed E-state index contributed by atoms with van der Waals surface area (Å²) in [5.74, 6) is 1.40. The Morgan fingerprint density at radius 1 is 1.12 bits per heavy atom. The van der Waals surface area contributed by atoms with Gasteiger partial charge in [-0.3, -0.25) is 0 Å². The van der Waals surface area contributed by atoms with Crippen molar-refractivity contribution in [2.45, 2.75) is 59.1 Å². The standard InChI is InChI=1S/C24H30ClN5O2/c1-16-19-21(28-22(25)26-16)30(20(27-19)18-8-6-5-7-9-18)15-12-17-10-13-29(14-11-17)23(31)32-24(2,3)4/h5-9,17H,10-15H2,1-4H3. The Bertz CT molecular complexity index is 1100. The molecule has 1 aromatic carbocycles. The van der Waals surface area contributed by atoms with Gasteiger partial charge in [-0.1, -0.05) is 30.3 Å². The molecule has 1 aliphatic heterocycles. The van der Waals surface area contributed by atoms with E-state index in [1.807, 2.05) is 50.8 Å². The highest BCUT2D eigenvalue weighted by Gasteiger charge is 2.27. The Hall–Kier alpha value is -2.67. The van der Waals surface area contributed by atoms with Crippen LogP contribution in [0.15, 0.2) is 30.3 Å². The Kier molecular flexibility index (Phi) is 6.38. The van der Waals surface area contributed by atoms with Crippen molar-refractivity contribution < 1.29 is 9.53 Å². The molecule has 0 unspecified atom stereocenters. The van der Waals surface area contributed by atoms with Crippen LogP contribution < -0.4 is 0 Å². The molecule has 7 nitrogen and oxygen atoms in total. The van der Waals surface area contributed by atoms with Gasteiger partial charge in [-0.25, -0.2) is 14.8 Å². The molecule has 1 amide bonds. The zero-order chi connectivity index (χ0) is 22.9. The van der Waals surface area contributed by atoms with E-state index in [0.717, 1.165) is 67.1 Å². The maximum absolute atomic E-state index is 12.3. The van der Waals surface area contributed by atoms with E-state index in [1.54, 1.807) is 0 Å². The molecule has 1 saturated heterocycles. The molecule has 0 atom stereocenters. The number of rotatable bonds is 4. The molecule has 0 saturated carbocycles. The van der Waals surface area contributed by atoms with E-state index < -0.39 is 5.60 Å². The molecule has 0 spiro atoms. The molecule has 32 heavy (non-hydrogen) atoms. The fourth-order valence-corrected chi connectivity index (χ4v) is 4.37. The highest BCUT2D eigenvalue weighted by molar-refractivity contribution is 6.28. The topological polar surface area (TPSA) is 73.1 Å². The number of benzene rings is 1. The number of aromatic nitrogens is 4. The Balaban J connectivity index is 1.50.